The van der Waals surface area contributed by atoms with Crippen LogP contribution in [-0.4, -0.2) is 59.9 Å². The molecule has 0 atom stereocenters. The van der Waals surface area contributed by atoms with Crippen molar-refractivity contribution in [1.29, 1.82) is 0 Å². The van der Waals surface area contributed by atoms with Gasteiger partial charge in [0.05, 0.1) is 13.1 Å². The van der Waals surface area contributed by atoms with Crippen molar-refractivity contribution in [3.05, 3.63) is 0 Å². The van der Waals surface area contributed by atoms with Crippen molar-refractivity contribution >= 4 is 11.8 Å². The van der Waals surface area contributed by atoms with E-state index in [-0.39, 0.29) is 30.4 Å². The summed E-state index contributed by atoms with van der Waals surface area (Å²) in [5.74, 6) is 0.0880. The summed E-state index contributed by atoms with van der Waals surface area (Å²) in [5.41, 5.74) is 0.0400. The summed E-state index contributed by atoms with van der Waals surface area (Å²) < 4.78 is 0. The molecule has 0 aliphatic carbocycles. The fourth-order valence-corrected chi connectivity index (χ4v) is 1.76. The molecule has 0 spiro atoms. The standard InChI is InChI=1S/C12H23N3O2/c1-5-14-8-11(17)15(9-10(14)16)7-6-13-12(2,3)4/h13H,5-9H2,1-4H3. The molecular formula is C12H23N3O2. The molecule has 5 nitrogen and oxygen atoms in total. The summed E-state index contributed by atoms with van der Waals surface area (Å²) >= 11 is 0. The number of hydrogen-bond acceptors (Lipinski definition) is 3. The molecule has 0 radical (unpaired) electrons. The lowest BCUT2D eigenvalue weighted by atomic mass is 10.1. The Morgan fingerprint density at radius 1 is 1.12 bits per heavy atom. The van der Waals surface area contributed by atoms with Crippen molar-refractivity contribution in [2.45, 2.75) is 33.2 Å². The van der Waals surface area contributed by atoms with Crippen LogP contribution in [0.2, 0.25) is 0 Å². The molecule has 1 fully saturated rings. The molecule has 1 heterocycles. The smallest absolute Gasteiger partial charge is 0.242 e. The molecule has 1 saturated heterocycles. The number of piperazine rings is 1. The largest absolute Gasteiger partial charge is 0.332 e. The minimum Gasteiger partial charge on any atom is -0.332 e. The number of carbonyl (C=O) groups excluding carboxylic acids is 2. The van der Waals surface area contributed by atoms with E-state index in [4.69, 9.17) is 0 Å². The summed E-state index contributed by atoms with van der Waals surface area (Å²) in [6.45, 7) is 10.5. The summed E-state index contributed by atoms with van der Waals surface area (Å²) in [5, 5.41) is 3.31. The molecule has 0 saturated carbocycles. The van der Waals surface area contributed by atoms with Crippen molar-refractivity contribution < 1.29 is 9.59 Å². The van der Waals surface area contributed by atoms with E-state index in [1.54, 1.807) is 9.80 Å². The average molecular weight is 241 g/mol. The second-order valence-electron chi connectivity index (χ2n) is 5.40. The predicted octanol–water partition coefficient (Wildman–Crippen LogP) is 0.0652. The van der Waals surface area contributed by atoms with Gasteiger partial charge in [0.1, 0.15) is 0 Å². The van der Waals surface area contributed by atoms with E-state index in [9.17, 15) is 9.59 Å². The van der Waals surface area contributed by atoms with Gasteiger partial charge < -0.3 is 15.1 Å². The summed E-state index contributed by atoms with van der Waals surface area (Å²) in [4.78, 5) is 26.6. The highest BCUT2D eigenvalue weighted by molar-refractivity contribution is 5.92. The van der Waals surface area contributed by atoms with Crippen LogP contribution in [0.4, 0.5) is 0 Å². The van der Waals surface area contributed by atoms with Crippen LogP contribution in [-0.2, 0) is 9.59 Å². The SMILES string of the molecule is CCN1CC(=O)N(CCNC(C)(C)C)CC1=O. The van der Waals surface area contributed by atoms with Gasteiger partial charge in [-0.2, -0.15) is 0 Å². The number of rotatable bonds is 4. The highest BCUT2D eigenvalue weighted by Crippen LogP contribution is 2.04. The van der Waals surface area contributed by atoms with Crippen LogP contribution >= 0.6 is 0 Å². The van der Waals surface area contributed by atoms with Gasteiger partial charge >= 0.3 is 0 Å². The number of likely N-dealkylation sites (N-methyl/N-ethyl adjacent to an activating group) is 1. The van der Waals surface area contributed by atoms with Crippen molar-refractivity contribution in [3.8, 4) is 0 Å². The van der Waals surface area contributed by atoms with Gasteiger partial charge in [0.2, 0.25) is 11.8 Å². The zero-order valence-electron chi connectivity index (χ0n) is 11.2. The summed E-state index contributed by atoms with van der Waals surface area (Å²) in [6.07, 6.45) is 0. The van der Waals surface area contributed by atoms with Crippen LogP contribution in [0.15, 0.2) is 0 Å². The van der Waals surface area contributed by atoms with Gasteiger partial charge in [-0.15, -0.1) is 0 Å². The van der Waals surface area contributed by atoms with Crippen LogP contribution < -0.4 is 5.32 Å². The van der Waals surface area contributed by atoms with Crippen LogP contribution in [0.5, 0.6) is 0 Å². The van der Waals surface area contributed by atoms with Crippen molar-refractivity contribution in [2.75, 3.05) is 32.7 Å². The van der Waals surface area contributed by atoms with E-state index in [0.29, 0.717) is 19.6 Å². The number of nitrogens with one attached hydrogen (secondary N) is 1. The van der Waals surface area contributed by atoms with Gasteiger partial charge in [-0.05, 0) is 27.7 Å². The maximum absolute atomic E-state index is 11.8. The predicted molar refractivity (Wildman–Crippen MR) is 66.6 cm³/mol. The fourth-order valence-electron chi connectivity index (χ4n) is 1.76. The Kier molecular flexibility index (Phi) is 4.51. The van der Waals surface area contributed by atoms with E-state index >= 15 is 0 Å². The Morgan fingerprint density at radius 2 is 1.65 bits per heavy atom. The van der Waals surface area contributed by atoms with Crippen molar-refractivity contribution in [3.63, 3.8) is 0 Å². The Morgan fingerprint density at radius 3 is 2.18 bits per heavy atom. The molecule has 0 bridgehead atoms. The zero-order valence-corrected chi connectivity index (χ0v) is 11.2. The quantitative estimate of drug-likeness (QED) is 0.757. The monoisotopic (exact) mass is 241 g/mol. The summed E-state index contributed by atoms with van der Waals surface area (Å²) in [6, 6.07) is 0. The minimum absolute atomic E-state index is 0.0400. The van der Waals surface area contributed by atoms with Crippen LogP contribution in [0.3, 0.4) is 0 Å². The normalized spacial score (nSPS) is 17.9. The third-order valence-electron chi connectivity index (χ3n) is 2.78. The first-order valence-electron chi connectivity index (χ1n) is 6.14. The van der Waals surface area contributed by atoms with Crippen LogP contribution in [0.25, 0.3) is 0 Å². The topological polar surface area (TPSA) is 52.7 Å². The maximum Gasteiger partial charge on any atom is 0.242 e. The average Bonchev–Trinajstić information content (AvgIpc) is 2.20. The van der Waals surface area contributed by atoms with Gasteiger partial charge in [0.25, 0.3) is 0 Å². The molecule has 1 N–H and O–H groups in total. The maximum atomic E-state index is 11.8. The first kappa shape index (κ1) is 14.0. The number of nitrogens with zero attached hydrogens (tertiary/aromatic N) is 2. The van der Waals surface area contributed by atoms with Gasteiger partial charge in [-0.3, -0.25) is 9.59 Å². The molecule has 5 heteroatoms. The minimum atomic E-state index is 0.0400. The Hall–Kier alpha value is -1.10. The van der Waals surface area contributed by atoms with Crippen molar-refractivity contribution in [1.82, 2.24) is 15.1 Å². The van der Waals surface area contributed by atoms with E-state index in [2.05, 4.69) is 26.1 Å². The second-order valence-corrected chi connectivity index (χ2v) is 5.40. The first-order valence-corrected chi connectivity index (χ1v) is 6.14. The van der Waals surface area contributed by atoms with E-state index in [1.165, 1.54) is 0 Å². The lowest BCUT2D eigenvalue weighted by Gasteiger charge is -2.34. The molecule has 98 valence electrons. The van der Waals surface area contributed by atoms with Crippen LogP contribution in [0.1, 0.15) is 27.7 Å². The number of hydrogen-bond donors (Lipinski definition) is 1. The molecule has 2 amide bonds. The lowest BCUT2D eigenvalue weighted by Crippen LogP contribution is -2.55. The molecule has 0 aromatic heterocycles. The van der Waals surface area contributed by atoms with Crippen LogP contribution in [0, 0.1) is 0 Å². The Bertz CT molecular complexity index is 297. The molecule has 1 aliphatic heterocycles. The Balaban J connectivity index is 2.40. The molecular weight excluding hydrogens is 218 g/mol. The second kappa shape index (κ2) is 5.49. The first-order chi connectivity index (χ1) is 7.83. The fraction of sp³-hybridized carbons (Fsp3) is 0.833. The number of amides is 2. The summed E-state index contributed by atoms with van der Waals surface area (Å²) in [7, 11) is 0. The molecule has 0 aromatic carbocycles. The number of carbonyl (C=O) groups is 2. The lowest BCUT2D eigenvalue weighted by molar-refractivity contribution is -0.149. The van der Waals surface area contributed by atoms with Gasteiger partial charge in [-0.1, -0.05) is 0 Å². The van der Waals surface area contributed by atoms with E-state index in [0.717, 1.165) is 0 Å². The molecule has 0 aromatic rings. The van der Waals surface area contributed by atoms with Gasteiger partial charge in [0.15, 0.2) is 0 Å². The highest BCUT2D eigenvalue weighted by Gasteiger charge is 2.28. The van der Waals surface area contributed by atoms with Crippen molar-refractivity contribution in [2.24, 2.45) is 0 Å². The Labute approximate surface area is 103 Å². The van der Waals surface area contributed by atoms with E-state index < -0.39 is 0 Å². The zero-order chi connectivity index (χ0) is 13.1. The van der Waals surface area contributed by atoms with Gasteiger partial charge in [-0.25, -0.2) is 0 Å². The third kappa shape index (κ3) is 4.34. The molecule has 1 aliphatic rings. The highest BCUT2D eigenvalue weighted by atomic mass is 16.2. The molecule has 17 heavy (non-hydrogen) atoms. The molecule has 1 rings (SSSR count). The van der Waals surface area contributed by atoms with E-state index in [1.807, 2.05) is 6.92 Å². The third-order valence-corrected chi connectivity index (χ3v) is 2.78. The van der Waals surface area contributed by atoms with Gasteiger partial charge in [0, 0.05) is 25.2 Å². The molecule has 0 unspecified atom stereocenters.